The van der Waals surface area contributed by atoms with Crippen molar-refractivity contribution in [3.8, 4) is 6.07 Å². The lowest BCUT2D eigenvalue weighted by Gasteiger charge is -2.11. The topological polar surface area (TPSA) is 64.9 Å². The van der Waals surface area contributed by atoms with E-state index < -0.39 is 0 Å². The van der Waals surface area contributed by atoms with E-state index in [1.807, 2.05) is 62.4 Å². The van der Waals surface area contributed by atoms with Gasteiger partial charge in [-0.1, -0.05) is 38.1 Å². The van der Waals surface area contributed by atoms with E-state index >= 15 is 0 Å². The summed E-state index contributed by atoms with van der Waals surface area (Å²) in [5, 5.41) is 15.1. The molecule has 0 spiro atoms. The average Bonchev–Trinajstić information content (AvgIpc) is 2.62. The molecule has 1 unspecified atom stereocenters. The molecule has 4 nitrogen and oxygen atoms in total. The molecular weight excluding hydrogens is 298 g/mol. The fraction of sp³-hybridized carbons (Fsp3) is 0.300. The fourth-order valence-electron chi connectivity index (χ4n) is 2.26. The second-order valence-electron chi connectivity index (χ2n) is 5.91. The minimum atomic E-state index is 0.0168. The number of nitriles is 1. The molecule has 1 atom stereocenters. The molecule has 0 aliphatic rings. The van der Waals surface area contributed by atoms with Crippen LogP contribution in [0.4, 0.5) is 5.69 Å². The Kier molecular flexibility index (Phi) is 6.53. The first-order chi connectivity index (χ1) is 11.6. The number of anilines is 1. The van der Waals surface area contributed by atoms with Gasteiger partial charge >= 0.3 is 0 Å². The van der Waals surface area contributed by atoms with Gasteiger partial charge in [-0.2, -0.15) is 5.26 Å². The molecule has 2 aromatic rings. The maximum Gasteiger partial charge on any atom is 0.227 e. The SMILES string of the molecule is CCC(C)C(=O)Nc1cccc(CNCc2ccc(C#N)cc2)c1. The molecule has 0 radical (unpaired) electrons. The summed E-state index contributed by atoms with van der Waals surface area (Å²) in [5.74, 6) is 0.0726. The van der Waals surface area contributed by atoms with Crippen molar-refractivity contribution in [2.45, 2.75) is 33.4 Å². The van der Waals surface area contributed by atoms with Crippen LogP contribution in [0.1, 0.15) is 37.0 Å². The van der Waals surface area contributed by atoms with Crippen LogP contribution in [0, 0.1) is 17.2 Å². The Morgan fingerprint density at radius 2 is 1.83 bits per heavy atom. The molecule has 0 saturated heterocycles. The van der Waals surface area contributed by atoms with Crippen LogP contribution in [0.3, 0.4) is 0 Å². The first-order valence-electron chi connectivity index (χ1n) is 8.22. The number of hydrogen-bond acceptors (Lipinski definition) is 3. The van der Waals surface area contributed by atoms with Crippen LogP contribution in [0.5, 0.6) is 0 Å². The molecule has 0 saturated carbocycles. The van der Waals surface area contributed by atoms with Crippen molar-refractivity contribution < 1.29 is 4.79 Å². The van der Waals surface area contributed by atoms with Crippen molar-refractivity contribution in [2.24, 2.45) is 5.92 Å². The lowest BCUT2D eigenvalue weighted by atomic mass is 10.1. The zero-order valence-electron chi connectivity index (χ0n) is 14.2. The molecule has 2 rings (SSSR count). The van der Waals surface area contributed by atoms with E-state index in [2.05, 4.69) is 16.7 Å². The molecule has 1 amide bonds. The van der Waals surface area contributed by atoms with E-state index in [-0.39, 0.29) is 11.8 Å². The third-order valence-corrected chi connectivity index (χ3v) is 4.00. The number of hydrogen-bond donors (Lipinski definition) is 2. The predicted octanol–water partition coefficient (Wildman–Crippen LogP) is 3.83. The fourth-order valence-corrected chi connectivity index (χ4v) is 2.26. The van der Waals surface area contributed by atoms with Crippen LogP contribution in [-0.4, -0.2) is 5.91 Å². The van der Waals surface area contributed by atoms with E-state index in [0.29, 0.717) is 12.1 Å². The highest BCUT2D eigenvalue weighted by Crippen LogP contribution is 2.13. The number of nitrogens with zero attached hydrogens (tertiary/aromatic N) is 1. The predicted molar refractivity (Wildman–Crippen MR) is 96.2 cm³/mol. The van der Waals surface area contributed by atoms with Gasteiger partial charge in [-0.3, -0.25) is 4.79 Å². The Labute approximate surface area is 143 Å². The third-order valence-electron chi connectivity index (χ3n) is 4.00. The number of benzene rings is 2. The summed E-state index contributed by atoms with van der Waals surface area (Å²) in [6, 6.07) is 17.5. The number of nitrogens with one attached hydrogen (secondary N) is 2. The number of carbonyl (C=O) groups is 1. The van der Waals surface area contributed by atoms with Crippen molar-refractivity contribution in [3.05, 3.63) is 65.2 Å². The molecule has 0 bridgehead atoms. The first-order valence-corrected chi connectivity index (χ1v) is 8.22. The number of rotatable bonds is 7. The zero-order valence-corrected chi connectivity index (χ0v) is 14.2. The molecular formula is C20H23N3O. The highest BCUT2D eigenvalue weighted by atomic mass is 16.1. The molecule has 0 aliphatic heterocycles. The van der Waals surface area contributed by atoms with Gasteiger partial charge in [0.2, 0.25) is 5.91 Å². The second kappa shape index (κ2) is 8.85. The second-order valence-corrected chi connectivity index (χ2v) is 5.91. The van der Waals surface area contributed by atoms with Gasteiger partial charge in [-0.25, -0.2) is 0 Å². The Hall–Kier alpha value is -2.64. The van der Waals surface area contributed by atoms with Crippen LogP contribution in [0.15, 0.2) is 48.5 Å². The van der Waals surface area contributed by atoms with Crippen molar-refractivity contribution >= 4 is 11.6 Å². The summed E-state index contributed by atoms with van der Waals surface area (Å²) in [5.41, 5.74) is 3.75. The van der Waals surface area contributed by atoms with Crippen LogP contribution in [-0.2, 0) is 17.9 Å². The molecule has 24 heavy (non-hydrogen) atoms. The molecule has 4 heteroatoms. The standard InChI is InChI=1S/C20H23N3O/c1-3-15(2)20(24)23-19-6-4-5-18(11-19)14-22-13-17-9-7-16(12-21)8-10-17/h4-11,15,22H,3,13-14H2,1-2H3,(H,23,24). The van der Waals surface area contributed by atoms with E-state index in [1.54, 1.807) is 0 Å². The van der Waals surface area contributed by atoms with Gasteiger partial charge in [-0.05, 0) is 41.8 Å². The van der Waals surface area contributed by atoms with Gasteiger partial charge in [0.15, 0.2) is 0 Å². The van der Waals surface area contributed by atoms with E-state index in [4.69, 9.17) is 5.26 Å². The Bertz CT molecular complexity index is 716. The average molecular weight is 321 g/mol. The summed E-state index contributed by atoms with van der Waals surface area (Å²) in [6.07, 6.45) is 0.831. The third kappa shape index (κ3) is 5.22. The van der Waals surface area contributed by atoms with Gasteiger partial charge in [0.1, 0.15) is 0 Å². The lowest BCUT2D eigenvalue weighted by Crippen LogP contribution is -2.20. The first kappa shape index (κ1) is 17.7. The molecule has 0 heterocycles. The van der Waals surface area contributed by atoms with E-state index in [0.717, 1.165) is 29.8 Å². The minimum absolute atomic E-state index is 0.0168. The maximum atomic E-state index is 12.0. The molecule has 2 N–H and O–H groups in total. The van der Waals surface area contributed by atoms with Gasteiger partial charge in [-0.15, -0.1) is 0 Å². The summed E-state index contributed by atoms with van der Waals surface area (Å²) < 4.78 is 0. The Balaban J connectivity index is 1.87. The molecule has 0 aliphatic carbocycles. The highest BCUT2D eigenvalue weighted by molar-refractivity contribution is 5.92. The monoisotopic (exact) mass is 321 g/mol. The van der Waals surface area contributed by atoms with Crippen LogP contribution in [0.2, 0.25) is 0 Å². The van der Waals surface area contributed by atoms with E-state index in [9.17, 15) is 4.79 Å². The van der Waals surface area contributed by atoms with Crippen molar-refractivity contribution in [1.29, 1.82) is 5.26 Å². The van der Waals surface area contributed by atoms with Crippen LogP contribution < -0.4 is 10.6 Å². The van der Waals surface area contributed by atoms with Crippen molar-refractivity contribution in [3.63, 3.8) is 0 Å². The smallest absolute Gasteiger partial charge is 0.227 e. The van der Waals surface area contributed by atoms with Gasteiger partial charge in [0.05, 0.1) is 11.6 Å². The normalized spacial score (nSPS) is 11.5. The summed E-state index contributed by atoms with van der Waals surface area (Å²) in [7, 11) is 0. The quantitative estimate of drug-likeness (QED) is 0.814. The largest absolute Gasteiger partial charge is 0.326 e. The zero-order chi connectivity index (χ0) is 17.4. The van der Waals surface area contributed by atoms with Crippen molar-refractivity contribution in [2.75, 3.05) is 5.32 Å². The van der Waals surface area contributed by atoms with Gasteiger partial charge in [0, 0.05) is 24.7 Å². The van der Waals surface area contributed by atoms with Crippen LogP contribution >= 0.6 is 0 Å². The maximum absolute atomic E-state index is 12.0. The molecule has 0 fully saturated rings. The Morgan fingerprint density at radius 1 is 1.12 bits per heavy atom. The van der Waals surface area contributed by atoms with Crippen LogP contribution in [0.25, 0.3) is 0 Å². The van der Waals surface area contributed by atoms with Gasteiger partial charge < -0.3 is 10.6 Å². The number of carbonyl (C=O) groups excluding carboxylic acids is 1. The van der Waals surface area contributed by atoms with Gasteiger partial charge in [0.25, 0.3) is 0 Å². The molecule has 124 valence electrons. The highest BCUT2D eigenvalue weighted by Gasteiger charge is 2.10. The molecule has 0 aromatic heterocycles. The minimum Gasteiger partial charge on any atom is -0.326 e. The Morgan fingerprint density at radius 3 is 2.50 bits per heavy atom. The lowest BCUT2D eigenvalue weighted by molar-refractivity contribution is -0.119. The molecule has 2 aromatic carbocycles. The summed E-state index contributed by atoms with van der Waals surface area (Å²) in [4.78, 5) is 12.0. The summed E-state index contributed by atoms with van der Waals surface area (Å²) in [6.45, 7) is 5.38. The van der Waals surface area contributed by atoms with Crippen molar-refractivity contribution in [1.82, 2.24) is 5.32 Å². The number of amides is 1. The summed E-state index contributed by atoms with van der Waals surface area (Å²) >= 11 is 0. The van der Waals surface area contributed by atoms with E-state index in [1.165, 1.54) is 0 Å².